The lowest BCUT2D eigenvalue weighted by atomic mass is 9.83. The normalized spacial score (nSPS) is 25.8. The van der Waals surface area contributed by atoms with Gasteiger partial charge in [0.1, 0.15) is 11.9 Å². The van der Waals surface area contributed by atoms with Crippen molar-refractivity contribution in [1.82, 2.24) is 25.1 Å². The van der Waals surface area contributed by atoms with E-state index in [1.165, 1.54) is 5.56 Å². The first kappa shape index (κ1) is 24.5. The fourth-order valence-electron chi connectivity index (χ4n) is 7.07. The average Bonchev–Trinajstić information content (AvgIpc) is 3.51. The summed E-state index contributed by atoms with van der Waals surface area (Å²) in [7, 11) is 0. The molecule has 1 unspecified atom stereocenters. The number of nitrogens with zero attached hydrogens (tertiary/aromatic N) is 5. The number of ether oxygens (including phenoxy) is 2. The minimum absolute atomic E-state index is 0.145. The number of rotatable bonds is 6. The second kappa shape index (κ2) is 9.68. The van der Waals surface area contributed by atoms with Gasteiger partial charge >= 0.3 is 0 Å². The van der Waals surface area contributed by atoms with Crippen LogP contribution < -0.4 is 15.0 Å². The van der Waals surface area contributed by atoms with Crippen LogP contribution in [0.1, 0.15) is 47.2 Å². The Morgan fingerprint density at radius 1 is 1.12 bits per heavy atom. The van der Waals surface area contributed by atoms with Gasteiger partial charge in [0.05, 0.1) is 24.3 Å². The molecule has 4 fully saturated rings. The van der Waals surface area contributed by atoms with Crippen molar-refractivity contribution in [3.63, 3.8) is 0 Å². The molecule has 9 heteroatoms. The van der Waals surface area contributed by atoms with Crippen molar-refractivity contribution < 1.29 is 14.3 Å². The van der Waals surface area contributed by atoms with Crippen LogP contribution in [0.15, 0.2) is 42.6 Å². The molecule has 0 saturated carbocycles. The van der Waals surface area contributed by atoms with Gasteiger partial charge in [-0.25, -0.2) is 9.97 Å². The highest BCUT2D eigenvalue weighted by Gasteiger charge is 2.52. The predicted octanol–water partition coefficient (Wildman–Crippen LogP) is 2.97. The number of nitrogens with one attached hydrogen (secondary N) is 1. The van der Waals surface area contributed by atoms with E-state index in [0.717, 1.165) is 112 Å². The number of fused-ring (bicyclic) bond motifs is 2. The maximum Gasteiger partial charge on any atom is 0.254 e. The first-order chi connectivity index (χ1) is 19.6. The van der Waals surface area contributed by atoms with Gasteiger partial charge in [0.2, 0.25) is 5.95 Å². The lowest BCUT2D eigenvalue weighted by Gasteiger charge is -2.57. The molecular formula is C31H36N6O3. The molecular weight excluding hydrogens is 504 g/mol. The number of hydrogen-bond acceptors (Lipinski definition) is 8. The summed E-state index contributed by atoms with van der Waals surface area (Å²) in [5.74, 6) is 1.86. The van der Waals surface area contributed by atoms with E-state index in [1.54, 1.807) is 0 Å². The van der Waals surface area contributed by atoms with Crippen LogP contribution in [-0.2, 0) is 17.8 Å². The summed E-state index contributed by atoms with van der Waals surface area (Å²) in [5.41, 5.74) is 4.33. The van der Waals surface area contributed by atoms with Gasteiger partial charge in [0.15, 0.2) is 0 Å². The minimum atomic E-state index is 0.145. The molecule has 1 amide bonds. The molecule has 9 nitrogen and oxygen atoms in total. The molecule has 6 heterocycles. The van der Waals surface area contributed by atoms with Gasteiger partial charge in [-0.2, -0.15) is 0 Å². The molecule has 40 heavy (non-hydrogen) atoms. The summed E-state index contributed by atoms with van der Waals surface area (Å²) in [4.78, 5) is 29.3. The summed E-state index contributed by atoms with van der Waals surface area (Å²) in [6.45, 7) is 7.99. The number of likely N-dealkylation sites (tertiary alicyclic amines) is 1. The molecule has 3 aromatic rings. The lowest BCUT2D eigenvalue weighted by molar-refractivity contribution is -0.0855. The first-order valence-corrected chi connectivity index (χ1v) is 14.8. The molecule has 1 N–H and O–H groups in total. The van der Waals surface area contributed by atoms with Crippen LogP contribution in [0.4, 0.5) is 5.95 Å². The van der Waals surface area contributed by atoms with Gasteiger partial charge in [-0.3, -0.25) is 9.69 Å². The standard InChI is InChI=1S/C31H36N6O3/c38-29-27-5-4-25(13-23(27)17-36(29)24-2-1-9-32-15-24)40-26-7-10-35(18-26)16-21-3-6-28-22(12-21)14-33-30(34-28)37-11-8-31(37)19-39-20-31/h3-6,12-14,24,26,32H,1-2,7-11,15-20H2/t24?,26-/m0/s1. The van der Waals surface area contributed by atoms with Crippen LogP contribution in [0.5, 0.6) is 5.75 Å². The zero-order valence-electron chi connectivity index (χ0n) is 22.8. The lowest BCUT2D eigenvalue weighted by Crippen LogP contribution is -2.71. The van der Waals surface area contributed by atoms with E-state index in [9.17, 15) is 4.79 Å². The number of benzene rings is 2. The number of aromatic nitrogens is 2. The van der Waals surface area contributed by atoms with E-state index < -0.39 is 0 Å². The van der Waals surface area contributed by atoms with Crippen molar-refractivity contribution >= 4 is 22.8 Å². The van der Waals surface area contributed by atoms with Crippen molar-refractivity contribution in [2.45, 2.75) is 56.5 Å². The number of carbonyl (C=O) groups excluding carboxylic acids is 1. The molecule has 5 aliphatic rings. The fourth-order valence-corrected chi connectivity index (χ4v) is 7.07. The third-order valence-corrected chi connectivity index (χ3v) is 9.55. The summed E-state index contributed by atoms with van der Waals surface area (Å²) >= 11 is 0. The Balaban J connectivity index is 0.887. The highest BCUT2D eigenvalue weighted by Crippen LogP contribution is 2.39. The van der Waals surface area contributed by atoms with Gasteiger partial charge < -0.3 is 24.6 Å². The van der Waals surface area contributed by atoms with Crippen LogP contribution in [0.3, 0.4) is 0 Å². The van der Waals surface area contributed by atoms with E-state index in [-0.39, 0.29) is 17.6 Å². The van der Waals surface area contributed by atoms with Crippen molar-refractivity contribution in [3.05, 3.63) is 59.3 Å². The first-order valence-electron chi connectivity index (χ1n) is 14.8. The molecule has 4 saturated heterocycles. The second-order valence-corrected chi connectivity index (χ2v) is 12.2. The van der Waals surface area contributed by atoms with Gasteiger partial charge in [-0.05, 0) is 73.7 Å². The quantitative estimate of drug-likeness (QED) is 0.511. The molecule has 208 valence electrons. The van der Waals surface area contributed by atoms with Crippen molar-refractivity contribution in [2.75, 3.05) is 50.8 Å². The highest BCUT2D eigenvalue weighted by atomic mass is 16.5. The summed E-state index contributed by atoms with van der Waals surface area (Å²) in [5, 5.41) is 4.51. The van der Waals surface area contributed by atoms with E-state index in [1.807, 2.05) is 23.2 Å². The van der Waals surface area contributed by atoms with Crippen molar-refractivity contribution in [3.8, 4) is 5.75 Å². The molecule has 2 aromatic carbocycles. The third-order valence-electron chi connectivity index (χ3n) is 9.55. The Kier molecular flexibility index (Phi) is 5.93. The van der Waals surface area contributed by atoms with Crippen LogP contribution >= 0.6 is 0 Å². The van der Waals surface area contributed by atoms with E-state index >= 15 is 0 Å². The molecule has 0 radical (unpaired) electrons. The Morgan fingerprint density at radius 3 is 2.88 bits per heavy atom. The number of carbonyl (C=O) groups is 1. The largest absolute Gasteiger partial charge is 0.489 e. The van der Waals surface area contributed by atoms with Gasteiger partial charge in [-0.15, -0.1) is 0 Å². The topological polar surface area (TPSA) is 83.1 Å². The Hall–Kier alpha value is -3.27. The zero-order chi connectivity index (χ0) is 26.7. The SMILES string of the molecule is O=C1c2ccc(O[C@H]3CCN(Cc4ccc5nc(N6CCC67COC7)ncc5c4)C3)cc2CN1C1CCCNC1. The maximum absolute atomic E-state index is 13.0. The van der Waals surface area contributed by atoms with Crippen LogP contribution in [0.25, 0.3) is 10.9 Å². The van der Waals surface area contributed by atoms with Crippen molar-refractivity contribution in [2.24, 2.45) is 0 Å². The summed E-state index contributed by atoms with van der Waals surface area (Å²) in [6.07, 6.45) is 6.48. The summed E-state index contributed by atoms with van der Waals surface area (Å²) in [6, 6.07) is 12.8. The second-order valence-electron chi connectivity index (χ2n) is 12.2. The van der Waals surface area contributed by atoms with Crippen molar-refractivity contribution in [1.29, 1.82) is 0 Å². The number of amides is 1. The number of anilines is 1. The fraction of sp³-hybridized carbons (Fsp3) is 0.516. The number of hydrogen-bond donors (Lipinski definition) is 1. The molecule has 2 atom stereocenters. The van der Waals surface area contributed by atoms with E-state index in [2.05, 4.69) is 39.4 Å². The Bertz CT molecular complexity index is 1450. The average molecular weight is 541 g/mol. The van der Waals surface area contributed by atoms with Crippen LogP contribution in [0.2, 0.25) is 0 Å². The molecule has 1 aromatic heterocycles. The monoisotopic (exact) mass is 540 g/mol. The zero-order valence-corrected chi connectivity index (χ0v) is 22.8. The van der Waals surface area contributed by atoms with Gasteiger partial charge in [-0.1, -0.05) is 6.07 Å². The minimum Gasteiger partial charge on any atom is -0.489 e. The summed E-state index contributed by atoms with van der Waals surface area (Å²) < 4.78 is 11.9. The Morgan fingerprint density at radius 2 is 2.08 bits per heavy atom. The van der Waals surface area contributed by atoms with Crippen LogP contribution in [-0.4, -0.2) is 89.3 Å². The van der Waals surface area contributed by atoms with Gasteiger partial charge in [0, 0.05) is 62.5 Å². The molecule has 8 rings (SSSR count). The predicted molar refractivity (Wildman–Crippen MR) is 152 cm³/mol. The highest BCUT2D eigenvalue weighted by molar-refractivity contribution is 5.98. The molecule has 5 aliphatic heterocycles. The number of piperidine rings is 1. The van der Waals surface area contributed by atoms with E-state index in [4.69, 9.17) is 19.4 Å². The van der Waals surface area contributed by atoms with E-state index in [0.29, 0.717) is 12.6 Å². The third kappa shape index (κ3) is 4.22. The molecule has 0 aliphatic carbocycles. The van der Waals surface area contributed by atoms with Gasteiger partial charge in [0.25, 0.3) is 5.91 Å². The smallest absolute Gasteiger partial charge is 0.254 e. The molecule has 1 spiro atoms. The maximum atomic E-state index is 13.0. The van der Waals surface area contributed by atoms with Crippen LogP contribution in [0, 0.1) is 0 Å². The Labute approximate surface area is 234 Å². The molecule has 0 bridgehead atoms.